The lowest BCUT2D eigenvalue weighted by molar-refractivity contribution is -0.202. The number of carbonyl (C=O) groups is 2. The van der Waals surface area contributed by atoms with E-state index >= 15 is 4.39 Å². The van der Waals surface area contributed by atoms with E-state index < -0.39 is 56.1 Å². The summed E-state index contributed by atoms with van der Waals surface area (Å²) in [5, 5.41) is 0.808. The monoisotopic (exact) mass is 710 g/mol. The standard InChI is InChI=1S/C33H37Cl2FN2O6S2/c1-6-43-30(39)26-17-37-27(45-26)16-33(5)31(40)38(25(19-10-11-19)18-46(41,42)32(2,3)4)28(20-12-13-23(35)24(36)15-20)29(44-33)21-8-7-9-22(34)14-21/h7-9,12-15,17,19,25,28-29H,6,10-11,16,18H2,1-5H3/t25-,28?,29-,33+/m1/s1. The molecule has 5 rings (SSSR count). The Morgan fingerprint density at radius 2 is 1.91 bits per heavy atom. The zero-order valence-corrected chi connectivity index (χ0v) is 29.4. The number of aromatic nitrogens is 1. The Bertz CT molecular complexity index is 1740. The molecule has 46 heavy (non-hydrogen) atoms. The average Bonchev–Trinajstić information content (AvgIpc) is 3.72. The number of carbonyl (C=O) groups excluding carboxylic acids is 2. The number of thiazole rings is 1. The third-order valence-electron chi connectivity index (χ3n) is 8.49. The second-order valence-corrected chi connectivity index (χ2v) is 17.7. The van der Waals surface area contributed by atoms with Crippen molar-refractivity contribution in [1.82, 2.24) is 9.88 Å². The van der Waals surface area contributed by atoms with Crippen LogP contribution in [-0.4, -0.2) is 58.9 Å². The van der Waals surface area contributed by atoms with Crippen molar-refractivity contribution in [3.8, 4) is 0 Å². The molecule has 1 unspecified atom stereocenters. The molecule has 0 spiro atoms. The molecule has 2 fully saturated rings. The largest absolute Gasteiger partial charge is 0.462 e. The van der Waals surface area contributed by atoms with Crippen LogP contribution in [0.4, 0.5) is 4.39 Å². The molecule has 0 bridgehead atoms. The molecule has 1 saturated heterocycles. The fourth-order valence-corrected chi connectivity index (χ4v) is 8.41. The Morgan fingerprint density at radius 1 is 1.20 bits per heavy atom. The van der Waals surface area contributed by atoms with Gasteiger partial charge in [-0.2, -0.15) is 0 Å². The van der Waals surface area contributed by atoms with Crippen LogP contribution in [0.3, 0.4) is 0 Å². The van der Waals surface area contributed by atoms with Gasteiger partial charge in [0.15, 0.2) is 15.4 Å². The van der Waals surface area contributed by atoms with Gasteiger partial charge in [-0.25, -0.2) is 22.6 Å². The number of morpholine rings is 1. The SMILES string of the molecule is CCOC(=O)c1cnc(C[C@]2(C)O[C@H](c3cccc(Cl)c3)C(c3ccc(Cl)c(F)c3)N([C@H](CS(=O)(=O)C(C)(C)C)C3CC3)C2=O)s1. The van der Waals surface area contributed by atoms with E-state index in [0.717, 1.165) is 24.2 Å². The third kappa shape index (κ3) is 7.13. The highest BCUT2D eigenvalue weighted by Crippen LogP contribution is 2.51. The smallest absolute Gasteiger partial charge is 0.349 e. The second kappa shape index (κ2) is 13.1. The summed E-state index contributed by atoms with van der Waals surface area (Å²) < 4.78 is 53.4. The van der Waals surface area contributed by atoms with Crippen LogP contribution in [0.2, 0.25) is 10.0 Å². The Labute approximate surface area is 283 Å². The summed E-state index contributed by atoms with van der Waals surface area (Å²) in [7, 11) is -3.70. The lowest BCUT2D eigenvalue weighted by Crippen LogP contribution is -2.62. The number of hydrogen-bond donors (Lipinski definition) is 0. The van der Waals surface area contributed by atoms with E-state index in [2.05, 4.69) is 4.98 Å². The number of ether oxygens (including phenoxy) is 2. The maximum atomic E-state index is 15.1. The predicted molar refractivity (Wildman–Crippen MR) is 177 cm³/mol. The third-order valence-corrected chi connectivity index (χ3v) is 12.7. The van der Waals surface area contributed by atoms with Crippen molar-refractivity contribution < 1.29 is 31.9 Å². The van der Waals surface area contributed by atoms with Gasteiger partial charge in [-0.3, -0.25) is 4.79 Å². The van der Waals surface area contributed by atoms with E-state index in [1.54, 1.807) is 63.8 Å². The summed E-state index contributed by atoms with van der Waals surface area (Å²) >= 11 is 13.6. The molecule has 2 aliphatic rings. The lowest BCUT2D eigenvalue weighted by atomic mass is 9.85. The number of hydrogen-bond acceptors (Lipinski definition) is 8. The number of halogens is 3. The number of amides is 1. The molecule has 8 nitrogen and oxygen atoms in total. The van der Waals surface area contributed by atoms with Gasteiger partial charge in [-0.1, -0.05) is 41.4 Å². The molecule has 1 amide bonds. The van der Waals surface area contributed by atoms with Crippen LogP contribution in [0.15, 0.2) is 48.7 Å². The van der Waals surface area contributed by atoms with E-state index in [1.165, 1.54) is 18.3 Å². The van der Waals surface area contributed by atoms with Crippen LogP contribution in [-0.2, 0) is 30.5 Å². The maximum Gasteiger partial charge on any atom is 0.349 e. The number of benzene rings is 2. The first kappa shape index (κ1) is 34.8. The Balaban J connectivity index is 1.68. The van der Waals surface area contributed by atoms with Gasteiger partial charge in [0, 0.05) is 17.5 Å². The Kier molecular flexibility index (Phi) is 9.93. The normalized spacial score (nSPS) is 23.0. The Morgan fingerprint density at radius 3 is 2.52 bits per heavy atom. The van der Waals surface area contributed by atoms with Crippen molar-refractivity contribution in [2.45, 2.75) is 82.4 Å². The predicted octanol–water partition coefficient (Wildman–Crippen LogP) is 7.40. The quantitative estimate of drug-likeness (QED) is 0.202. The first-order chi connectivity index (χ1) is 21.5. The molecular formula is C33H37Cl2FN2O6S2. The highest BCUT2D eigenvalue weighted by atomic mass is 35.5. The molecule has 13 heteroatoms. The van der Waals surface area contributed by atoms with Gasteiger partial charge in [0.25, 0.3) is 5.91 Å². The summed E-state index contributed by atoms with van der Waals surface area (Å²) in [4.78, 5) is 33.6. The Hall–Kier alpha value is -2.57. The average molecular weight is 712 g/mol. The number of esters is 1. The van der Waals surface area contributed by atoms with E-state index in [0.29, 0.717) is 21.2 Å². The van der Waals surface area contributed by atoms with Crippen LogP contribution in [0.25, 0.3) is 0 Å². The van der Waals surface area contributed by atoms with Gasteiger partial charge in [0.2, 0.25) is 0 Å². The zero-order valence-electron chi connectivity index (χ0n) is 26.3. The van der Waals surface area contributed by atoms with E-state index in [4.69, 9.17) is 32.7 Å². The number of nitrogens with zero attached hydrogens (tertiary/aromatic N) is 2. The van der Waals surface area contributed by atoms with Gasteiger partial charge in [-0.15, -0.1) is 11.3 Å². The molecule has 248 valence electrons. The van der Waals surface area contributed by atoms with Crippen LogP contribution in [0.5, 0.6) is 0 Å². The molecule has 1 aromatic heterocycles. The first-order valence-electron chi connectivity index (χ1n) is 15.1. The second-order valence-electron chi connectivity index (χ2n) is 13.0. The van der Waals surface area contributed by atoms with Crippen molar-refractivity contribution in [3.05, 3.63) is 85.5 Å². The van der Waals surface area contributed by atoms with Crippen molar-refractivity contribution in [2.75, 3.05) is 12.4 Å². The molecule has 4 atom stereocenters. The minimum atomic E-state index is -3.70. The van der Waals surface area contributed by atoms with Gasteiger partial charge < -0.3 is 14.4 Å². The van der Waals surface area contributed by atoms with E-state index in [1.807, 2.05) is 6.07 Å². The van der Waals surface area contributed by atoms with Gasteiger partial charge >= 0.3 is 5.97 Å². The first-order valence-corrected chi connectivity index (χ1v) is 18.3. The van der Waals surface area contributed by atoms with E-state index in [9.17, 15) is 18.0 Å². The van der Waals surface area contributed by atoms with Gasteiger partial charge in [-0.05, 0) is 88.8 Å². The minimum Gasteiger partial charge on any atom is -0.462 e. The molecular weight excluding hydrogens is 674 g/mol. The van der Waals surface area contributed by atoms with Crippen molar-refractivity contribution in [3.63, 3.8) is 0 Å². The van der Waals surface area contributed by atoms with Crippen molar-refractivity contribution in [1.29, 1.82) is 0 Å². The lowest BCUT2D eigenvalue weighted by Gasteiger charge is -2.52. The topological polar surface area (TPSA) is 103 Å². The van der Waals surface area contributed by atoms with Crippen LogP contribution >= 0.6 is 34.5 Å². The van der Waals surface area contributed by atoms with Crippen molar-refractivity contribution >= 4 is 56.3 Å². The summed E-state index contributed by atoms with van der Waals surface area (Å²) in [5.74, 6) is -2.01. The minimum absolute atomic E-state index is 0.00538. The maximum absolute atomic E-state index is 15.1. The fourth-order valence-electron chi connectivity index (χ4n) is 5.76. The molecule has 1 saturated carbocycles. The van der Waals surface area contributed by atoms with Gasteiger partial charge in [0.05, 0.1) is 39.4 Å². The molecule has 0 radical (unpaired) electrons. The summed E-state index contributed by atoms with van der Waals surface area (Å²) in [6, 6.07) is 9.68. The summed E-state index contributed by atoms with van der Waals surface area (Å²) in [6.45, 7) is 8.48. The van der Waals surface area contributed by atoms with Crippen LogP contribution in [0.1, 0.15) is 85.4 Å². The molecule has 0 N–H and O–H groups in total. The van der Waals surface area contributed by atoms with Crippen LogP contribution in [0, 0.1) is 11.7 Å². The number of rotatable bonds is 10. The molecule has 2 heterocycles. The summed E-state index contributed by atoms with van der Waals surface area (Å²) in [6.07, 6.45) is 2.00. The number of sulfone groups is 1. The zero-order chi connectivity index (χ0) is 33.6. The van der Waals surface area contributed by atoms with E-state index in [-0.39, 0.29) is 34.6 Å². The molecule has 1 aliphatic carbocycles. The highest BCUT2D eigenvalue weighted by Gasteiger charge is 2.56. The molecule has 2 aromatic carbocycles. The van der Waals surface area contributed by atoms with Crippen LogP contribution < -0.4 is 0 Å². The highest BCUT2D eigenvalue weighted by molar-refractivity contribution is 7.92. The van der Waals surface area contributed by atoms with Gasteiger partial charge in [0.1, 0.15) is 16.8 Å². The van der Waals surface area contributed by atoms with Crippen molar-refractivity contribution in [2.24, 2.45) is 5.92 Å². The summed E-state index contributed by atoms with van der Waals surface area (Å²) in [5.41, 5.74) is -0.521. The molecule has 1 aliphatic heterocycles. The fraction of sp³-hybridized carbons (Fsp3) is 0.485. The molecule has 3 aromatic rings.